The first-order valence-corrected chi connectivity index (χ1v) is 6.08. The lowest BCUT2D eigenvalue weighted by atomic mass is 10.1. The largest absolute Gasteiger partial charge is 0.392 e. The third kappa shape index (κ3) is 5.51. The van der Waals surface area contributed by atoms with Gasteiger partial charge in [0.25, 0.3) is 0 Å². The molecule has 0 radical (unpaired) electrons. The molecule has 1 atom stereocenters. The van der Waals surface area contributed by atoms with Crippen molar-refractivity contribution in [2.45, 2.75) is 32.3 Å². The highest BCUT2D eigenvalue weighted by Crippen LogP contribution is 2.06. The summed E-state index contributed by atoms with van der Waals surface area (Å²) in [5.74, 6) is 5.96. The van der Waals surface area contributed by atoms with Crippen molar-refractivity contribution in [3.05, 3.63) is 35.4 Å². The summed E-state index contributed by atoms with van der Waals surface area (Å²) >= 11 is 0. The molecule has 0 spiro atoms. The number of hydrogen-bond acceptors (Lipinski definition) is 2. The van der Waals surface area contributed by atoms with E-state index in [-0.39, 0.29) is 12.0 Å². The molecule has 2 N–H and O–H groups in total. The molecule has 18 heavy (non-hydrogen) atoms. The van der Waals surface area contributed by atoms with E-state index in [2.05, 4.69) is 17.2 Å². The van der Waals surface area contributed by atoms with E-state index in [9.17, 15) is 4.79 Å². The number of carbonyl (C=O) groups excluding carboxylic acids is 1. The number of aliphatic hydroxyl groups excluding tert-OH is 1. The minimum absolute atomic E-state index is 0.0517. The molecule has 96 valence electrons. The van der Waals surface area contributed by atoms with Crippen molar-refractivity contribution in [2.24, 2.45) is 0 Å². The van der Waals surface area contributed by atoms with Gasteiger partial charge in [0.05, 0.1) is 6.10 Å². The van der Waals surface area contributed by atoms with Gasteiger partial charge in [0, 0.05) is 25.5 Å². The van der Waals surface area contributed by atoms with Gasteiger partial charge in [0.1, 0.15) is 0 Å². The minimum Gasteiger partial charge on any atom is -0.392 e. The summed E-state index contributed by atoms with van der Waals surface area (Å²) in [5.41, 5.74) is 2.05. The van der Waals surface area contributed by atoms with Gasteiger partial charge in [-0.25, -0.2) is 0 Å². The highest BCUT2D eigenvalue weighted by molar-refractivity contribution is 5.75. The van der Waals surface area contributed by atoms with Gasteiger partial charge in [0.2, 0.25) is 5.91 Å². The van der Waals surface area contributed by atoms with E-state index in [0.29, 0.717) is 12.8 Å². The van der Waals surface area contributed by atoms with E-state index in [1.54, 1.807) is 14.0 Å². The molecule has 0 aromatic heterocycles. The molecule has 0 bridgehead atoms. The van der Waals surface area contributed by atoms with Crippen LogP contribution < -0.4 is 5.32 Å². The third-order valence-corrected chi connectivity index (χ3v) is 2.50. The lowest BCUT2D eigenvalue weighted by molar-refractivity contribution is -0.120. The maximum atomic E-state index is 11.1. The van der Waals surface area contributed by atoms with Crippen LogP contribution in [0.15, 0.2) is 24.3 Å². The first-order valence-electron chi connectivity index (χ1n) is 6.08. The zero-order chi connectivity index (χ0) is 13.4. The third-order valence-electron chi connectivity index (χ3n) is 2.50. The summed E-state index contributed by atoms with van der Waals surface area (Å²) < 4.78 is 0. The van der Waals surface area contributed by atoms with Gasteiger partial charge >= 0.3 is 0 Å². The smallest absolute Gasteiger partial charge is 0.220 e. The highest BCUT2D eigenvalue weighted by atomic mass is 16.3. The van der Waals surface area contributed by atoms with Crippen LogP contribution in [0.4, 0.5) is 0 Å². The highest BCUT2D eigenvalue weighted by Gasteiger charge is 1.99. The van der Waals surface area contributed by atoms with Crippen LogP contribution in [0, 0.1) is 11.8 Å². The number of carbonyl (C=O) groups is 1. The first kappa shape index (κ1) is 14.3. The summed E-state index contributed by atoms with van der Waals surface area (Å²) in [6, 6.07) is 7.84. The standard InChI is InChI=1S/C15H19NO2/c1-12(17)4-3-5-13-6-8-14(9-7-13)10-11-15(18)16-2/h6-9,12,17H,4,10-11H2,1-2H3,(H,16,18). The van der Waals surface area contributed by atoms with E-state index in [1.165, 1.54) is 0 Å². The van der Waals surface area contributed by atoms with Crippen molar-refractivity contribution in [3.8, 4) is 11.8 Å². The fraction of sp³-hybridized carbons (Fsp3) is 0.400. The van der Waals surface area contributed by atoms with Crippen LogP contribution >= 0.6 is 0 Å². The van der Waals surface area contributed by atoms with Crippen LogP contribution in [0.5, 0.6) is 0 Å². The van der Waals surface area contributed by atoms with Gasteiger partial charge in [0.15, 0.2) is 0 Å². The van der Waals surface area contributed by atoms with Crippen LogP contribution in [0.3, 0.4) is 0 Å². The van der Waals surface area contributed by atoms with E-state index < -0.39 is 0 Å². The molecule has 0 saturated heterocycles. The number of aliphatic hydroxyl groups is 1. The SMILES string of the molecule is CNC(=O)CCc1ccc(C#CCC(C)O)cc1. The van der Waals surface area contributed by atoms with Crippen molar-refractivity contribution in [3.63, 3.8) is 0 Å². The number of benzene rings is 1. The topological polar surface area (TPSA) is 49.3 Å². The van der Waals surface area contributed by atoms with E-state index in [0.717, 1.165) is 17.5 Å². The van der Waals surface area contributed by atoms with E-state index in [1.807, 2.05) is 24.3 Å². The summed E-state index contributed by atoms with van der Waals surface area (Å²) in [5, 5.41) is 11.7. The lowest BCUT2D eigenvalue weighted by Crippen LogP contribution is -2.17. The maximum Gasteiger partial charge on any atom is 0.220 e. The molecule has 0 heterocycles. The molecule has 1 rings (SSSR count). The van der Waals surface area contributed by atoms with Crippen molar-refractivity contribution in [1.82, 2.24) is 5.32 Å². The van der Waals surface area contributed by atoms with Crippen molar-refractivity contribution >= 4 is 5.91 Å². The fourth-order valence-electron chi connectivity index (χ4n) is 1.44. The second kappa shape index (κ2) is 7.52. The van der Waals surface area contributed by atoms with Gasteiger partial charge in [-0.15, -0.1) is 0 Å². The Labute approximate surface area is 108 Å². The van der Waals surface area contributed by atoms with Crippen LogP contribution in [0.25, 0.3) is 0 Å². The van der Waals surface area contributed by atoms with Crippen molar-refractivity contribution < 1.29 is 9.90 Å². The van der Waals surface area contributed by atoms with Gasteiger partial charge in [-0.1, -0.05) is 24.0 Å². The summed E-state index contributed by atoms with van der Waals surface area (Å²) in [6.45, 7) is 1.72. The fourth-order valence-corrected chi connectivity index (χ4v) is 1.44. The molecule has 1 unspecified atom stereocenters. The Morgan fingerprint density at radius 1 is 1.39 bits per heavy atom. The molecule has 0 aliphatic carbocycles. The molecular formula is C15H19NO2. The lowest BCUT2D eigenvalue weighted by Gasteiger charge is -2.01. The monoisotopic (exact) mass is 245 g/mol. The van der Waals surface area contributed by atoms with Crippen molar-refractivity contribution in [2.75, 3.05) is 7.05 Å². The Morgan fingerprint density at radius 2 is 2.06 bits per heavy atom. The normalized spacial score (nSPS) is 11.3. The van der Waals surface area contributed by atoms with Crippen LogP contribution in [0.2, 0.25) is 0 Å². The second-order valence-electron chi connectivity index (χ2n) is 4.23. The Balaban J connectivity index is 2.51. The molecule has 0 aliphatic heterocycles. The van der Waals surface area contributed by atoms with Gasteiger partial charge in [-0.05, 0) is 31.0 Å². The molecular weight excluding hydrogens is 226 g/mol. The number of nitrogens with one attached hydrogen (secondary N) is 1. The van der Waals surface area contributed by atoms with Crippen LogP contribution in [-0.2, 0) is 11.2 Å². The Bertz CT molecular complexity index is 438. The number of aryl methyl sites for hydroxylation is 1. The average molecular weight is 245 g/mol. The van der Waals surface area contributed by atoms with E-state index in [4.69, 9.17) is 5.11 Å². The quantitative estimate of drug-likeness (QED) is 0.790. The van der Waals surface area contributed by atoms with Gasteiger partial charge in [-0.2, -0.15) is 0 Å². The van der Waals surface area contributed by atoms with Crippen LogP contribution in [-0.4, -0.2) is 24.2 Å². The van der Waals surface area contributed by atoms with E-state index >= 15 is 0 Å². The van der Waals surface area contributed by atoms with Gasteiger partial charge < -0.3 is 10.4 Å². The average Bonchev–Trinajstić information content (AvgIpc) is 2.37. The Morgan fingerprint density at radius 3 is 2.61 bits per heavy atom. The maximum absolute atomic E-state index is 11.1. The molecule has 1 amide bonds. The molecule has 0 fully saturated rings. The number of rotatable bonds is 4. The second-order valence-corrected chi connectivity index (χ2v) is 4.23. The van der Waals surface area contributed by atoms with Crippen LogP contribution in [0.1, 0.15) is 30.9 Å². The predicted octanol–water partition coefficient (Wildman–Crippen LogP) is 1.49. The summed E-state index contributed by atoms with van der Waals surface area (Å²) in [7, 11) is 1.64. The minimum atomic E-state index is -0.385. The Hall–Kier alpha value is -1.79. The number of hydrogen-bond donors (Lipinski definition) is 2. The predicted molar refractivity (Wildman–Crippen MR) is 72.0 cm³/mol. The molecule has 0 saturated carbocycles. The summed E-state index contributed by atoms with van der Waals surface area (Å²) in [6.07, 6.45) is 1.34. The molecule has 0 aliphatic rings. The van der Waals surface area contributed by atoms with Crippen molar-refractivity contribution in [1.29, 1.82) is 0 Å². The van der Waals surface area contributed by atoms with Gasteiger partial charge in [-0.3, -0.25) is 4.79 Å². The zero-order valence-corrected chi connectivity index (χ0v) is 10.9. The first-order chi connectivity index (χ1) is 8.61. The molecule has 1 aromatic rings. The number of amides is 1. The zero-order valence-electron chi connectivity index (χ0n) is 10.9. The Kier molecular flexibility index (Phi) is 5.96. The molecule has 1 aromatic carbocycles. The molecule has 3 nitrogen and oxygen atoms in total. The molecule has 3 heteroatoms. The summed E-state index contributed by atoms with van der Waals surface area (Å²) in [4.78, 5) is 11.1.